The lowest BCUT2D eigenvalue weighted by Gasteiger charge is -2.23. The highest BCUT2D eigenvalue weighted by atomic mass is 14.9. The summed E-state index contributed by atoms with van der Waals surface area (Å²) in [6, 6.07) is 62.1. The second kappa shape index (κ2) is 34.3. The molecule has 15 aromatic rings. The zero-order valence-electron chi connectivity index (χ0n) is 82.0. The Morgan fingerprint density at radius 3 is 1.05 bits per heavy atom. The van der Waals surface area contributed by atoms with E-state index in [0.717, 1.165) is 38.5 Å². The van der Waals surface area contributed by atoms with Crippen LogP contribution in [-0.2, 0) is 73.8 Å². The maximum absolute atomic E-state index is 2.46. The second-order valence-corrected chi connectivity index (χ2v) is 40.1. The average Bonchev–Trinajstić information content (AvgIpc) is 1.63. The Bertz CT molecular complexity index is 7080. The molecule has 0 atom stereocenters. The predicted molar refractivity (Wildman–Crippen MR) is 534 cm³/mol. The molecule has 0 amide bonds. The van der Waals surface area contributed by atoms with Gasteiger partial charge in [-0.2, -0.15) is 0 Å². The van der Waals surface area contributed by atoms with E-state index in [0.29, 0.717) is 0 Å². The number of nitrogens with zero attached hydrogens (tertiary/aromatic N) is 5. The standard InChI is InChI=1S/C27H32N.3C24H26N.C23H24N/c1-17-13-24(28(7)16-19(17)3)25-18(2)12-21(15-27(4,5)6)26-22-11-9-8-10-20(22)14-23(25)26;1-14-7-8-19-12-21-23(20(19)9-14)16(3)10-17(4)24(21)22-11-15(2)18(5)13-25(22)6;1-14-8-7-9-19-20(14)12-21-23(19)16(3)10-17(4)24(21)22-11-15(2)18(5)13-25(22)6;1-14-8-7-9-19-12-20-23(16(3)10-17(4)24(20)22(14)19)21-11-15(2)18(5)13-25(21)6;1-14-6-8-19-18(10-14)12-21-20(19)9-7-15(2)23(21)22-11-16(3)17(4)13-24(22)5/h8-13,16H,14-15H2,1-7H3;3*7-11,13H,12H2,1-6H3;6-11,13H,12H2,1-5H3/q5*+1. The number of aryl methyl sites for hydroxylation is 27. The molecule has 0 aliphatic heterocycles. The van der Waals surface area contributed by atoms with E-state index in [4.69, 9.17) is 0 Å². The van der Waals surface area contributed by atoms with Gasteiger partial charge in [0.1, 0.15) is 35.2 Å². The molecule has 5 aliphatic carbocycles. The van der Waals surface area contributed by atoms with Crippen molar-refractivity contribution < 1.29 is 22.8 Å². The van der Waals surface area contributed by atoms with Crippen LogP contribution in [0.15, 0.2) is 195 Å². The first kappa shape index (κ1) is 88.4. The molecular weight excluding hydrogens is 1540 g/mol. The minimum atomic E-state index is 0.268. The van der Waals surface area contributed by atoms with Crippen LogP contribution < -0.4 is 22.8 Å². The van der Waals surface area contributed by atoms with Crippen molar-refractivity contribution in [1.29, 1.82) is 0 Å². The maximum Gasteiger partial charge on any atom is 0.213 e. The van der Waals surface area contributed by atoms with Crippen LogP contribution >= 0.6 is 0 Å². The molecule has 0 fully saturated rings. The molecule has 642 valence electrons. The van der Waals surface area contributed by atoms with Crippen LogP contribution in [0.4, 0.5) is 0 Å². The van der Waals surface area contributed by atoms with E-state index in [9.17, 15) is 0 Å². The van der Waals surface area contributed by atoms with Crippen LogP contribution in [0.2, 0.25) is 0 Å². The Kier molecular flexibility index (Phi) is 23.9. The van der Waals surface area contributed by atoms with Gasteiger partial charge < -0.3 is 0 Å². The highest BCUT2D eigenvalue weighted by Crippen LogP contribution is 2.52. The summed E-state index contributed by atoms with van der Waals surface area (Å²) in [5.74, 6) is 0. The minimum absolute atomic E-state index is 0.268. The van der Waals surface area contributed by atoms with Crippen LogP contribution in [0, 0.1) is 158 Å². The molecule has 0 saturated carbocycles. The number of hydrogen-bond donors (Lipinski definition) is 0. The Balaban J connectivity index is 0.000000117. The molecule has 0 N–H and O–H groups in total. The van der Waals surface area contributed by atoms with Gasteiger partial charge in [0.15, 0.2) is 31.0 Å². The number of fused-ring (bicyclic) bond motifs is 15. The van der Waals surface area contributed by atoms with E-state index in [-0.39, 0.29) is 5.41 Å². The molecule has 127 heavy (non-hydrogen) atoms. The van der Waals surface area contributed by atoms with Gasteiger partial charge in [-0.15, -0.1) is 0 Å². The molecule has 5 heteroatoms. The normalized spacial score (nSPS) is 12.4. The van der Waals surface area contributed by atoms with Gasteiger partial charge in [0.25, 0.3) is 0 Å². The van der Waals surface area contributed by atoms with Crippen LogP contribution in [0.1, 0.15) is 204 Å². The van der Waals surface area contributed by atoms with Crippen molar-refractivity contribution in [2.24, 2.45) is 40.7 Å². The Hall–Kier alpha value is -12.1. The third kappa shape index (κ3) is 16.4. The molecule has 0 unspecified atom stereocenters. The minimum Gasteiger partial charge on any atom is -0.201 e. The number of aromatic nitrogens is 5. The maximum atomic E-state index is 2.46. The van der Waals surface area contributed by atoms with E-state index in [2.05, 4.69) is 426 Å². The third-order valence-corrected chi connectivity index (χ3v) is 28.9. The van der Waals surface area contributed by atoms with E-state index in [1.165, 1.54) is 296 Å². The van der Waals surface area contributed by atoms with Gasteiger partial charge in [0.05, 0.1) is 27.8 Å². The van der Waals surface area contributed by atoms with Gasteiger partial charge in [0.2, 0.25) is 28.5 Å². The summed E-state index contributed by atoms with van der Waals surface area (Å²) in [6.07, 6.45) is 17.6. The van der Waals surface area contributed by atoms with E-state index in [1.54, 1.807) is 0 Å². The first-order valence-electron chi connectivity index (χ1n) is 46.2. The largest absolute Gasteiger partial charge is 0.213 e. The highest BCUT2D eigenvalue weighted by molar-refractivity contribution is 5.93. The smallest absolute Gasteiger partial charge is 0.201 e. The van der Waals surface area contributed by atoms with E-state index in [1.807, 2.05) is 0 Å². The van der Waals surface area contributed by atoms with Gasteiger partial charge in [-0.3, -0.25) is 0 Å². The lowest BCUT2D eigenvalue weighted by atomic mass is 9.82. The van der Waals surface area contributed by atoms with Crippen molar-refractivity contribution in [2.45, 2.75) is 212 Å². The van der Waals surface area contributed by atoms with Crippen molar-refractivity contribution in [2.75, 3.05) is 0 Å². The van der Waals surface area contributed by atoms with E-state index >= 15 is 0 Å². The SMILES string of the molecule is Cc1cc(-c2c(C)cc(C)c3c2Cc2c(C)cccc2-3)[n+](C)cc1C.Cc1cc(-c2c(C)cc(C)c3c2Cc2cccc(C)c2-3)[n+](C)cc1C.Cc1cc(-c2c(C)cc(CC(C)(C)C)c3c2Cc2ccccc2-3)[n+](C)cc1C.Cc1ccc2c(c1)-c1c(C)cc(C)c(-c3cc(C)c(C)c[n+]3C)c1C2.Cc1ccc2c(c1)Cc1c-2ccc(C)c1-c1cc(C)c(C)c[n+]1C. The molecule has 5 nitrogen and oxygen atoms in total. The van der Waals surface area contributed by atoms with Crippen LogP contribution in [0.3, 0.4) is 0 Å². The van der Waals surface area contributed by atoms with Crippen molar-refractivity contribution in [3.63, 3.8) is 0 Å². The topological polar surface area (TPSA) is 19.4 Å². The highest BCUT2D eigenvalue weighted by Gasteiger charge is 2.36. The van der Waals surface area contributed by atoms with Gasteiger partial charge in [0, 0.05) is 58.1 Å². The van der Waals surface area contributed by atoms with Crippen LogP contribution in [0.25, 0.3) is 112 Å². The Labute approximate surface area is 760 Å². The van der Waals surface area contributed by atoms with Gasteiger partial charge >= 0.3 is 0 Å². The van der Waals surface area contributed by atoms with Crippen LogP contribution in [-0.4, -0.2) is 0 Å². The zero-order chi connectivity index (χ0) is 90.9. The van der Waals surface area contributed by atoms with E-state index < -0.39 is 0 Å². The second-order valence-electron chi connectivity index (χ2n) is 40.1. The summed E-state index contributed by atoms with van der Waals surface area (Å²) < 4.78 is 11.4. The summed E-state index contributed by atoms with van der Waals surface area (Å²) in [4.78, 5) is 0. The van der Waals surface area contributed by atoms with Gasteiger partial charge in [-0.05, 0) is 397 Å². The Morgan fingerprint density at radius 1 is 0.205 bits per heavy atom. The fourth-order valence-electron chi connectivity index (χ4n) is 22.1. The fraction of sp³-hybridized carbons (Fsp3) is 0.303. The molecule has 0 radical (unpaired) electrons. The number of rotatable bonds is 6. The van der Waals surface area contributed by atoms with Crippen molar-refractivity contribution in [3.05, 3.63) is 378 Å². The Morgan fingerprint density at radius 2 is 0.551 bits per heavy atom. The third-order valence-electron chi connectivity index (χ3n) is 28.9. The number of benzene rings is 10. The lowest BCUT2D eigenvalue weighted by Crippen LogP contribution is -2.32. The number of pyridine rings is 5. The lowest BCUT2D eigenvalue weighted by molar-refractivity contribution is -0.660. The molecule has 0 saturated heterocycles. The summed E-state index contributed by atoms with van der Waals surface area (Å²) in [7, 11) is 10.8. The van der Waals surface area contributed by atoms with Gasteiger partial charge in [-0.1, -0.05) is 165 Å². The number of hydrogen-bond acceptors (Lipinski definition) is 0. The van der Waals surface area contributed by atoms with Crippen molar-refractivity contribution >= 4 is 0 Å². The quantitative estimate of drug-likeness (QED) is 0.148. The molecule has 0 spiro atoms. The molecule has 5 aromatic heterocycles. The zero-order valence-corrected chi connectivity index (χ0v) is 82.0. The first-order valence-corrected chi connectivity index (χ1v) is 46.2. The molecule has 0 bridgehead atoms. The first-order chi connectivity index (χ1) is 60.2. The average molecular weight is 1670 g/mol. The fourth-order valence-corrected chi connectivity index (χ4v) is 22.1. The molecule has 10 aromatic carbocycles. The van der Waals surface area contributed by atoms with Crippen LogP contribution in [0.5, 0.6) is 0 Å². The predicted octanol–water partition coefficient (Wildman–Crippen LogP) is 27.1. The summed E-state index contributed by atoms with van der Waals surface area (Å²) in [5, 5.41) is 0. The summed E-state index contributed by atoms with van der Waals surface area (Å²) in [5.41, 5.74) is 74.8. The molecule has 5 heterocycles. The molecular formula is C122H134N5+5. The van der Waals surface area contributed by atoms with Crippen molar-refractivity contribution in [3.8, 4) is 112 Å². The summed E-state index contributed by atoms with van der Waals surface area (Å²) in [6.45, 7) is 55.9. The summed E-state index contributed by atoms with van der Waals surface area (Å²) >= 11 is 0. The van der Waals surface area contributed by atoms with Crippen molar-refractivity contribution in [1.82, 2.24) is 0 Å². The van der Waals surface area contributed by atoms with Gasteiger partial charge in [-0.25, -0.2) is 22.8 Å². The molecule has 20 rings (SSSR count). The monoisotopic (exact) mass is 1670 g/mol. The molecule has 5 aliphatic rings.